The van der Waals surface area contributed by atoms with Crippen molar-refractivity contribution in [1.29, 1.82) is 0 Å². The van der Waals surface area contributed by atoms with Crippen LogP contribution in [0, 0.1) is 19.8 Å². The predicted octanol–water partition coefficient (Wildman–Crippen LogP) is 2.03. The molecule has 1 amide bonds. The summed E-state index contributed by atoms with van der Waals surface area (Å²) in [4.78, 5) is 12.3. The van der Waals surface area contributed by atoms with Crippen LogP contribution in [0.15, 0.2) is 18.2 Å². The molecular weight excluding hydrogens is 224 g/mol. The molecule has 0 saturated carbocycles. The summed E-state index contributed by atoms with van der Waals surface area (Å²) in [6.07, 6.45) is 1.12. The summed E-state index contributed by atoms with van der Waals surface area (Å²) in [6, 6.07) is 6.20. The number of amides is 1. The molecule has 18 heavy (non-hydrogen) atoms. The minimum atomic E-state index is 0.0491. The van der Waals surface area contributed by atoms with Crippen molar-refractivity contribution in [2.75, 3.05) is 13.1 Å². The molecule has 1 saturated heterocycles. The fourth-order valence-corrected chi connectivity index (χ4v) is 2.50. The molecule has 98 valence electrons. The quantitative estimate of drug-likeness (QED) is 0.838. The third-order valence-corrected chi connectivity index (χ3v) is 3.77. The van der Waals surface area contributed by atoms with E-state index in [4.69, 9.17) is 0 Å². The molecule has 1 aliphatic rings. The van der Waals surface area contributed by atoms with Crippen LogP contribution in [0.25, 0.3) is 0 Å². The van der Waals surface area contributed by atoms with E-state index in [1.54, 1.807) is 0 Å². The second kappa shape index (κ2) is 5.53. The second-order valence-electron chi connectivity index (χ2n) is 5.37. The molecule has 0 radical (unpaired) electrons. The first-order valence-corrected chi connectivity index (χ1v) is 6.67. The molecule has 1 aliphatic heterocycles. The van der Waals surface area contributed by atoms with Gasteiger partial charge in [0.25, 0.3) is 5.91 Å². The van der Waals surface area contributed by atoms with E-state index in [0.29, 0.717) is 5.92 Å². The van der Waals surface area contributed by atoms with Gasteiger partial charge in [0.05, 0.1) is 0 Å². The summed E-state index contributed by atoms with van der Waals surface area (Å²) in [5.74, 6) is 0.592. The SMILES string of the molecule is Cc1ccc(C(=O)N[C@H]2CNCC[C@@H]2C)c(C)c1. The Bertz CT molecular complexity index is 442. The van der Waals surface area contributed by atoms with E-state index in [-0.39, 0.29) is 11.9 Å². The van der Waals surface area contributed by atoms with Crippen LogP contribution >= 0.6 is 0 Å². The van der Waals surface area contributed by atoms with Gasteiger partial charge in [0, 0.05) is 18.2 Å². The number of hydrogen-bond donors (Lipinski definition) is 2. The van der Waals surface area contributed by atoms with Gasteiger partial charge in [-0.15, -0.1) is 0 Å². The van der Waals surface area contributed by atoms with Crippen molar-refractivity contribution in [2.24, 2.45) is 5.92 Å². The van der Waals surface area contributed by atoms with Crippen LogP contribution < -0.4 is 10.6 Å². The van der Waals surface area contributed by atoms with Crippen molar-refractivity contribution in [3.63, 3.8) is 0 Å². The molecule has 0 aromatic heterocycles. The average Bonchev–Trinajstić information content (AvgIpc) is 2.32. The van der Waals surface area contributed by atoms with Crippen molar-refractivity contribution in [1.82, 2.24) is 10.6 Å². The van der Waals surface area contributed by atoms with E-state index in [1.807, 2.05) is 26.0 Å². The van der Waals surface area contributed by atoms with Gasteiger partial charge in [-0.05, 0) is 44.4 Å². The highest BCUT2D eigenvalue weighted by atomic mass is 16.1. The van der Waals surface area contributed by atoms with E-state index in [2.05, 4.69) is 23.6 Å². The standard InChI is InChI=1S/C15H22N2O/c1-10-4-5-13(12(3)8-10)15(18)17-14-9-16-7-6-11(14)2/h4-5,8,11,14,16H,6-7,9H2,1-3H3,(H,17,18)/t11-,14-/m0/s1. The Balaban J connectivity index is 2.07. The highest BCUT2D eigenvalue weighted by Gasteiger charge is 2.23. The molecule has 1 fully saturated rings. The first-order chi connectivity index (χ1) is 8.58. The first kappa shape index (κ1) is 13.1. The van der Waals surface area contributed by atoms with Crippen LogP contribution in [-0.2, 0) is 0 Å². The van der Waals surface area contributed by atoms with Gasteiger partial charge in [0.15, 0.2) is 0 Å². The maximum Gasteiger partial charge on any atom is 0.251 e. The maximum absolute atomic E-state index is 12.3. The van der Waals surface area contributed by atoms with Crippen molar-refractivity contribution < 1.29 is 4.79 Å². The fraction of sp³-hybridized carbons (Fsp3) is 0.533. The van der Waals surface area contributed by atoms with Gasteiger partial charge < -0.3 is 10.6 Å². The lowest BCUT2D eigenvalue weighted by Gasteiger charge is -2.30. The third-order valence-electron chi connectivity index (χ3n) is 3.77. The molecule has 3 heteroatoms. The van der Waals surface area contributed by atoms with Crippen molar-refractivity contribution >= 4 is 5.91 Å². The lowest BCUT2D eigenvalue weighted by atomic mass is 9.94. The van der Waals surface area contributed by atoms with Gasteiger partial charge in [-0.2, -0.15) is 0 Å². The molecule has 2 rings (SSSR count). The molecule has 0 spiro atoms. The number of carbonyl (C=O) groups is 1. The van der Waals surface area contributed by atoms with Crippen molar-refractivity contribution in [2.45, 2.75) is 33.2 Å². The van der Waals surface area contributed by atoms with Crippen molar-refractivity contribution in [3.05, 3.63) is 34.9 Å². The Kier molecular flexibility index (Phi) is 4.02. The van der Waals surface area contributed by atoms with E-state index in [0.717, 1.165) is 30.6 Å². The van der Waals surface area contributed by atoms with Gasteiger partial charge in [-0.1, -0.05) is 24.6 Å². The topological polar surface area (TPSA) is 41.1 Å². The number of rotatable bonds is 2. The summed E-state index contributed by atoms with van der Waals surface area (Å²) in [5.41, 5.74) is 3.03. The zero-order valence-corrected chi connectivity index (χ0v) is 11.4. The molecule has 1 heterocycles. The highest BCUT2D eigenvalue weighted by molar-refractivity contribution is 5.95. The van der Waals surface area contributed by atoms with Crippen LogP contribution in [0.4, 0.5) is 0 Å². The number of piperidine rings is 1. The summed E-state index contributed by atoms with van der Waals surface area (Å²) in [5, 5.41) is 6.47. The largest absolute Gasteiger partial charge is 0.348 e. The Morgan fingerprint density at radius 3 is 2.83 bits per heavy atom. The number of hydrogen-bond acceptors (Lipinski definition) is 2. The Hall–Kier alpha value is -1.35. The molecule has 0 bridgehead atoms. The smallest absolute Gasteiger partial charge is 0.251 e. The number of aryl methyl sites for hydroxylation is 2. The summed E-state index contributed by atoms with van der Waals surface area (Å²) in [7, 11) is 0. The zero-order valence-electron chi connectivity index (χ0n) is 11.4. The summed E-state index contributed by atoms with van der Waals surface area (Å²) < 4.78 is 0. The van der Waals surface area contributed by atoms with Crippen LogP contribution in [0.3, 0.4) is 0 Å². The van der Waals surface area contributed by atoms with Crippen molar-refractivity contribution in [3.8, 4) is 0 Å². The molecule has 3 nitrogen and oxygen atoms in total. The lowest BCUT2D eigenvalue weighted by molar-refractivity contribution is 0.0914. The number of nitrogens with one attached hydrogen (secondary N) is 2. The number of carbonyl (C=O) groups excluding carboxylic acids is 1. The maximum atomic E-state index is 12.3. The average molecular weight is 246 g/mol. The van der Waals surface area contributed by atoms with Crippen LogP contribution in [0.5, 0.6) is 0 Å². The molecule has 2 N–H and O–H groups in total. The molecule has 2 atom stereocenters. The van der Waals surface area contributed by atoms with Crippen LogP contribution in [0.1, 0.15) is 34.8 Å². The Morgan fingerprint density at radius 2 is 2.17 bits per heavy atom. The molecule has 1 aromatic carbocycles. The minimum Gasteiger partial charge on any atom is -0.348 e. The Morgan fingerprint density at radius 1 is 1.39 bits per heavy atom. The van der Waals surface area contributed by atoms with E-state index >= 15 is 0 Å². The molecular formula is C15H22N2O. The minimum absolute atomic E-state index is 0.0491. The van der Waals surface area contributed by atoms with Gasteiger partial charge >= 0.3 is 0 Å². The fourth-order valence-electron chi connectivity index (χ4n) is 2.50. The lowest BCUT2D eigenvalue weighted by Crippen LogP contribution is -2.50. The van der Waals surface area contributed by atoms with Crippen LogP contribution in [0.2, 0.25) is 0 Å². The van der Waals surface area contributed by atoms with Gasteiger partial charge in [0.2, 0.25) is 0 Å². The van der Waals surface area contributed by atoms with E-state index in [1.165, 1.54) is 5.56 Å². The van der Waals surface area contributed by atoms with Gasteiger partial charge in [-0.3, -0.25) is 4.79 Å². The van der Waals surface area contributed by atoms with E-state index in [9.17, 15) is 4.79 Å². The predicted molar refractivity (Wildman–Crippen MR) is 73.8 cm³/mol. The summed E-state index contributed by atoms with van der Waals surface area (Å²) in [6.45, 7) is 8.16. The monoisotopic (exact) mass is 246 g/mol. The zero-order chi connectivity index (χ0) is 13.1. The van der Waals surface area contributed by atoms with Crippen LogP contribution in [-0.4, -0.2) is 25.0 Å². The molecule has 0 unspecified atom stereocenters. The van der Waals surface area contributed by atoms with E-state index < -0.39 is 0 Å². The summed E-state index contributed by atoms with van der Waals surface area (Å²) >= 11 is 0. The number of benzene rings is 1. The first-order valence-electron chi connectivity index (χ1n) is 6.67. The normalized spacial score (nSPS) is 23.7. The highest BCUT2D eigenvalue weighted by Crippen LogP contribution is 2.14. The molecule has 1 aromatic rings. The van der Waals surface area contributed by atoms with Gasteiger partial charge in [0.1, 0.15) is 0 Å². The third kappa shape index (κ3) is 2.91. The van der Waals surface area contributed by atoms with Gasteiger partial charge in [-0.25, -0.2) is 0 Å². The Labute approximate surface area is 109 Å². The molecule has 0 aliphatic carbocycles. The second-order valence-corrected chi connectivity index (χ2v) is 5.37.